The molecule has 0 saturated carbocycles. The normalized spacial score (nSPS) is 31.6. The van der Waals surface area contributed by atoms with Gasteiger partial charge in [0.15, 0.2) is 0 Å². The molecule has 70 valence electrons. The van der Waals surface area contributed by atoms with Crippen LogP contribution in [0.4, 0.5) is 0 Å². The van der Waals surface area contributed by atoms with Crippen LogP contribution in [0.15, 0.2) is 12.7 Å². The van der Waals surface area contributed by atoms with Crippen LogP contribution < -0.4 is 0 Å². The van der Waals surface area contributed by atoms with Crippen molar-refractivity contribution in [3.63, 3.8) is 0 Å². The zero-order chi connectivity index (χ0) is 9.24. The minimum Gasteiger partial charge on any atom is -0.375 e. The Kier molecular flexibility index (Phi) is 2.79. The highest BCUT2D eigenvalue weighted by atomic mass is 28.3. The van der Waals surface area contributed by atoms with Crippen LogP contribution in [0.25, 0.3) is 0 Å². The van der Waals surface area contributed by atoms with Crippen LogP contribution in [0.3, 0.4) is 0 Å². The van der Waals surface area contributed by atoms with Crippen LogP contribution >= 0.6 is 0 Å². The van der Waals surface area contributed by atoms with Crippen molar-refractivity contribution < 1.29 is 4.74 Å². The van der Waals surface area contributed by atoms with Gasteiger partial charge in [0.25, 0.3) is 0 Å². The number of rotatable bonds is 2. The first-order valence-electron chi connectivity index (χ1n) is 4.79. The second-order valence-electron chi connectivity index (χ2n) is 4.65. The SMILES string of the molecule is C=CC1([Si](C)(C)C)CCCCO1. The van der Waals surface area contributed by atoms with Crippen molar-refractivity contribution in [1.29, 1.82) is 0 Å². The summed E-state index contributed by atoms with van der Waals surface area (Å²) in [5.41, 5.74) is 0. The summed E-state index contributed by atoms with van der Waals surface area (Å²) >= 11 is 0. The van der Waals surface area contributed by atoms with Gasteiger partial charge in [0.2, 0.25) is 0 Å². The maximum Gasteiger partial charge on any atom is 0.0873 e. The van der Waals surface area contributed by atoms with Crippen molar-refractivity contribution in [2.45, 2.75) is 44.1 Å². The van der Waals surface area contributed by atoms with Crippen molar-refractivity contribution in [1.82, 2.24) is 0 Å². The Balaban J connectivity index is 2.80. The third-order valence-corrected chi connectivity index (χ3v) is 6.04. The van der Waals surface area contributed by atoms with Gasteiger partial charge >= 0.3 is 0 Å². The van der Waals surface area contributed by atoms with E-state index in [1.54, 1.807) is 0 Å². The molecule has 0 aromatic carbocycles. The predicted octanol–water partition coefficient (Wildman–Crippen LogP) is 2.99. The molecule has 2 heteroatoms. The molecule has 0 aromatic rings. The van der Waals surface area contributed by atoms with Crippen LogP contribution in [0, 0.1) is 0 Å². The van der Waals surface area contributed by atoms with E-state index < -0.39 is 8.07 Å². The van der Waals surface area contributed by atoms with Crippen LogP contribution in [-0.4, -0.2) is 19.9 Å². The van der Waals surface area contributed by atoms with Crippen molar-refractivity contribution in [3.8, 4) is 0 Å². The number of ether oxygens (including phenoxy) is 1. The smallest absolute Gasteiger partial charge is 0.0873 e. The minimum atomic E-state index is -1.25. The molecular weight excluding hydrogens is 164 g/mol. The molecule has 1 saturated heterocycles. The lowest BCUT2D eigenvalue weighted by atomic mass is 10.1. The van der Waals surface area contributed by atoms with Crippen LogP contribution in [0.1, 0.15) is 19.3 Å². The molecule has 0 bridgehead atoms. The molecule has 0 N–H and O–H groups in total. The molecule has 1 fully saturated rings. The fourth-order valence-corrected chi connectivity index (χ4v) is 3.95. The Labute approximate surface area is 76.8 Å². The zero-order valence-corrected chi connectivity index (χ0v) is 9.52. The van der Waals surface area contributed by atoms with E-state index in [0.29, 0.717) is 0 Å². The fraction of sp³-hybridized carbons (Fsp3) is 0.800. The molecule has 0 aliphatic carbocycles. The van der Waals surface area contributed by atoms with Gasteiger partial charge < -0.3 is 4.74 Å². The molecule has 1 aliphatic rings. The van der Waals surface area contributed by atoms with E-state index in [9.17, 15) is 0 Å². The molecule has 0 radical (unpaired) electrons. The molecule has 0 amide bonds. The molecule has 1 aliphatic heterocycles. The van der Waals surface area contributed by atoms with Gasteiger partial charge in [-0.1, -0.05) is 25.7 Å². The maximum absolute atomic E-state index is 5.92. The molecule has 1 rings (SSSR count). The van der Waals surface area contributed by atoms with E-state index in [1.165, 1.54) is 19.3 Å². The largest absolute Gasteiger partial charge is 0.375 e. The van der Waals surface area contributed by atoms with Gasteiger partial charge in [-0.2, -0.15) is 0 Å². The zero-order valence-electron chi connectivity index (χ0n) is 8.52. The summed E-state index contributed by atoms with van der Waals surface area (Å²) in [4.78, 5) is 0. The first-order chi connectivity index (χ1) is 5.52. The molecule has 1 heterocycles. The Bertz CT molecular complexity index is 163. The van der Waals surface area contributed by atoms with E-state index in [-0.39, 0.29) is 5.22 Å². The third kappa shape index (κ3) is 1.64. The predicted molar refractivity (Wildman–Crippen MR) is 56.1 cm³/mol. The molecular formula is C10H20OSi. The average molecular weight is 184 g/mol. The van der Waals surface area contributed by atoms with Gasteiger partial charge in [0, 0.05) is 6.61 Å². The fourth-order valence-electron chi connectivity index (χ4n) is 1.87. The number of hydrogen-bond donors (Lipinski definition) is 0. The Morgan fingerprint density at radius 2 is 2.00 bits per heavy atom. The Morgan fingerprint density at radius 1 is 1.33 bits per heavy atom. The second kappa shape index (κ2) is 3.34. The van der Waals surface area contributed by atoms with Gasteiger partial charge in [-0.05, 0) is 19.3 Å². The summed E-state index contributed by atoms with van der Waals surface area (Å²) in [7, 11) is -1.25. The average Bonchev–Trinajstić information content (AvgIpc) is 2.04. The van der Waals surface area contributed by atoms with Crippen molar-refractivity contribution >= 4 is 8.07 Å². The van der Waals surface area contributed by atoms with Crippen LogP contribution in [0.2, 0.25) is 19.6 Å². The lowest BCUT2D eigenvalue weighted by Crippen LogP contribution is -2.54. The third-order valence-electron chi connectivity index (χ3n) is 2.90. The molecule has 0 aromatic heterocycles. The van der Waals surface area contributed by atoms with E-state index in [0.717, 1.165) is 6.61 Å². The van der Waals surface area contributed by atoms with E-state index in [4.69, 9.17) is 4.74 Å². The molecule has 0 spiro atoms. The maximum atomic E-state index is 5.92. The van der Waals surface area contributed by atoms with E-state index in [2.05, 4.69) is 32.3 Å². The van der Waals surface area contributed by atoms with E-state index >= 15 is 0 Å². The van der Waals surface area contributed by atoms with Crippen molar-refractivity contribution in [3.05, 3.63) is 12.7 Å². The van der Waals surface area contributed by atoms with Crippen LogP contribution in [0.5, 0.6) is 0 Å². The topological polar surface area (TPSA) is 9.23 Å². The van der Waals surface area contributed by atoms with Gasteiger partial charge in [-0.15, -0.1) is 6.58 Å². The highest BCUT2D eigenvalue weighted by molar-refractivity contribution is 6.79. The summed E-state index contributed by atoms with van der Waals surface area (Å²) in [6.07, 6.45) is 5.76. The van der Waals surface area contributed by atoms with Gasteiger partial charge in [0.1, 0.15) is 0 Å². The monoisotopic (exact) mass is 184 g/mol. The highest BCUT2D eigenvalue weighted by Crippen LogP contribution is 2.34. The molecule has 12 heavy (non-hydrogen) atoms. The van der Waals surface area contributed by atoms with Crippen LogP contribution in [-0.2, 0) is 4.74 Å². The quantitative estimate of drug-likeness (QED) is 0.473. The molecule has 1 nitrogen and oxygen atoms in total. The number of hydrogen-bond acceptors (Lipinski definition) is 1. The van der Waals surface area contributed by atoms with Gasteiger partial charge in [0.05, 0.1) is 13.3 Å². The first kappa shape index (κ1) is 10.0. The molecule has 1 atom stereocenters. The lowest BCUT2D eigenvalue weighted by Gasteiger charge is -2.43. The molecule has 1 unspecified atom stereocenters. The van der Waals surface area contributed by atoms with Crippen molar-refractivity contribution in [2.24, 2.45) is 0 Å². The highest BCUT2D eigenvalue weighted by Gasteiger charge is 2.42. The first-order valence-corrected chi connectivity index (χ1v) is 8.29. The summed E-state index contributed by atoms with van der Waals surface area (Å²) in [5, 5.41) is 0.0608. The van der Waals surface area contributed by atoms with Crippen molar-refractivity contribution in [2.75, 3.05) is 6.61 Å². The Hall–Kier alpha value is -0.0831. The summed E-state index contributed by atoms with van der Waals surface area (Å²) in [6.45, 7) is 11.9. The van der Waals surface area contributed by atoms with Gasteiger partial charge in [-0.25, -0.2) is 0 Å². The standard InChI is InChI=1S/C10H20OSi/c1-5-10(12(2,3)4)8-6-7-9-11-10/h5H,1,6-9H2,2-4H3. The van der Waals surface area contributed by atoms with E-state index in [1.807, 2.05) is 0 Å². The second-order valence-corrected chi connectivity index (χ2v) is 10.00. The lowest BCUT2D eigenvalue weighted by molar-refractivity contribution is 0.00753. The summed E-state index contributed by atoms with van der Waals surface area (Å²) in [5.74, 6) is 0. The summed E-state index contributed by atoms with van der Waals surface area (Å²) in [6, 6.07) is 0. The minimum absolute atomic E-state index is 0.0608. The Morgan fingerprint density at radius 3 is 2.25 bits per heavy atom. The summed E-state index contributed by atoms with van der Waals surface area (Å²) < 4.78 is 5.92. The van der Waals surface area contributed by atoms with Gasteiger partial charge in [-0.3, -0.25) is 0 Å².